The fourth-order valence-electron chi connectivity index (χ4n) is 1.32. The summed E-state index contributed by atoms with van der Waals surface area (Å²) < 4.78 is 9.71. The van der Waals surface area contributed by atoms with Crippen molar-refractivity contribution in [2.75, 3.05) is 12.4 Å². The van der Waals surface area contributed by atoms with Crippen LogP contribution in [0.4, 0.5) is 5.69 Å². The number of methoxy groups -OCH3 is 1. The lowest BCUT2D eigenvalue weighted by Crippen LogP contribution is -2.18. The number of thiocarbonyl (C=S) groups is 1. The Balaban J connectivity index is 2.40. The van der Waals surface area contributed by atoms with Crippen LogP contribution in [0.15, 0.2) is 22.6 Å². The van der Waals surface area contributed by atoms with Gasteiger partial charge >= 0.3 is 11.9 Å². The number of hydrogen-bond donors (Lipinski definition) is 2. The average molecular weight is 251 g/mol. The second kappa shape index (κ2) is 4.38. The maximum atomic E-state index is 11.2. The van der Waals surface area contributed by atoms with Gasteiger partial charge < -0.3 is 20.2 Å². The summed E-state index contributed by atoms with van der Waals surface area (Å²) in [5.41, 5.74) is 7.03. The van der Waals surface area contributed by atoms with Crippen LogP contribution in [-0.4, -0.2) is 23.2 Å². The van der Waals surface area contributed by atoms with Crippen LogP contribution in [-0.2, 0) is 4.74 Å². The van der Waals surface area contributed by atoms with E-state index in [-0.39, 0.29) is 11.0 Å². The molecule has 0 fully saturated rings. The van der Waals surface area contributed by atoms with Gasteiger partial charge in [-0.15, -0.1) is 0 Å². The maximum absolute atomic E-state index is 11.2. The molecule has 1 aromatic heterocycles. The Morgan fingerprint density at radius 3 is 3.00 bits per heavy atom. The van der Waals surface area contributed by atoms with Gasteiger partial charge in [0.1, 0.15) is 5.52 Å². The fourth-order valence-corrected chi connectivity index (χ4v) is 1.44. The Labute approximate surface area is 102 Å². The molecule has 1 aromatic carbocycles. The number of rotatable bonds is 2. The molecule has 0 radical (unpaired) electrons. The molecule has 0 aliphatic rings. The number of aromatic nitrogens is 1. The number of carbonyl (C=O) groups excluding carboxylic acids is 1. The zero-order chi connectivity index (χ0) is 12.4. The van der Waals surface area contributed by atoms with E-state index in [1.165, 1.54) is 7.11 Å². The highest BCUT2D eigenvalue weighted by Gasteiger charge is 2.14. The highest BCUT2D eigenvalue weighted by Crippen LogP contribution is 2.20. The minimum absolute atomic E-state index is 0.0880. The van der Waals surface area contributed by atoms with Crippen molar-refractivity contribution in [3.05, 3.63) is 24.1 Å². The highest BCUT2D eigenvalue weighted by molar-refractivity contribution is 7.80. The average Bonchev–Trinajstić information content (AvgIpc) is 2.70. The maximum Gasteiger partial charge on any atom is 0.394 e. The number of fused-ring (bicyclic) bond motifs is 1. The van der Waals surface area contributed by atoms with E-state index in [4.69, 9.17) is 22.4 Å². The van der Waals surface area contributed by atoms with Gasteiger partial charge in [-0.2, -0.15) is 0 Å². The van der Waals surface area contributed by atoms with Crippen LogP contribution in [0, 0.1) is 0 Å². The van der Waals surface area contributed by atoms with E-state index in [0.29, 0.717) is 16.8 Å². The van der Waals surface area contributed by atoms with Crippen LogP contribution in [0.5, 0.6) is 0 Å². The number of oxazole rings is 1. The molecule has 0 aliphatic carbocycles. The normalized spacial score (nSPS) is 10.2. The first-order valence-electron chi connectivity index (χ1n) is 4.65. The Morgan fingerprint density at radius 2 is 2.35 bits per heavy atom. The molecule has 0 aliphatic heterocycles. The molecule has 2 rings (SSSR count). The zero-order valence-electron chi connectivity index (χ0n) is 8.89. The third kappa shape index (κ3) is 2.34. The number of nitrogens with two attached hydrogens (primary N) is 1. The van der Waals surface area contributed by atoms with Gasteiger partial charge in [-0.1, -0.05) is 0 Å². The summed E-state index contributed by atoms with van der Waals surface area (Å²) in [5, 5.41) is 2.91. The number of nitrogens with one attached hydrogen (secondary N) is 1. The third-order valence-electron chi connectivity index (χ3n) is 2.02. The summed E-state index contributed by atoms with van der Waals surface area (Å²) in [6.07, 6.45) is 0. The summed E-state index contributed by atoms with van der Waals surface area (Å²) in [4.78, 5) is 15.2. The van der Waals surface area contributed by atoms with Crippen LogP contribution in [0.3, 0.4) is 0 Å². The summed E-state index contributed by atoms with van der Waals surface area (Å²) in [7, 11) is 1.26. The number of benzene rings is 1. The van der Waals surface area contributed by atoms with Crippen molar-refractivity contribution in [2.24, 2.45) is 5.73 Å². The smallest absolute Gasteiger partial charge is 0.394 e. The van der Waals surface area contributed by atoms with Crippen molar-refractivity contribution in [1.29, 1.82) is 0 Å². The van der Waals surface area contributed by atoms with Crippen LogP contribution in [0.1, 0.15) is 10.7 Å². The Hall–Kier alpha value is -2.15. The molecular formula is C10H9N3O3S. The van der Waals surface area contributed by atoms with E-state index in [9.17, 15) is 4.79 Å². The number of nitrogens with zero attached hydrogens (tertiary/aromatic N) is 1. The lowest BCUT2D eigenvalue weighted by atomic mass is 10.3. The molecule has 1 heterocycles. The largest absolute Gasteiger partial charge is 0.462 e. The predicted molar refractivity (Wildman–Crippen MR) is 65.8 cm³/mol. The molecule has 3 N–H and O–H groups in total. The molecule has 6 nitrogen and oxygen atoms in total. The minimum Gasteiger partial charge on any atom is -0.462 e. The van der Waals surface area contributed by atoms with Crippen molar-refractivity contribution in [3.63, 3.8) is 0 Å². The third-order valence-corrected chi connectivity index (χ3v) is 2.12. The predicted octanol–water partition coefficient (Wildman–Crippen LogP) is 1.27. The van der Waals surface area contributed by atoms with Gasteiger partial charge in [0.2, 0.25) is 0 Å². The van der Waals surface area contributed by atoms with Gasteiger partial charge in [0.05, 0.1) is 7.11 Å². The Morgan fingerprint density at radius 1 is 1.59 bits per heavy atom. The van der Waals surface area contributed by atoms with E-state index in [1.54, 1.807) is 18.2 Å². The van der Waals surface area contributed by atoms with Crippen molar-refractivity contribution in [2.45, 2.75) is 0 Å². The van der Waals surface area contributed by atoms with Gasteiger partial charge in [-0.05, 0) is 30.4 Å². The summed E-state index contributed by atoms with van der Waals surface area (Å²) in [5.74, 6) is -0.708. The fraction of sp³-hybridized carbons (Fsp3) is 0.100. The molecule has 0 amide bonds. The van der Waals surface area contributed by atoms with E-state index >= 15 is 0 Å². The first-order valence-corrected chi connectivity index (χ1v) is 5.06. The topological polar surface area (TPSA) is 90.4 Å². The summed E-state index contributed by atoms with van der Waals surface area (Å²) >= 11 is 4.71. The standard InChI is InChI=1S/C10H9N3O3S/c1-15-9(14)8-13-6-4-5(12-10(11)17)2-3-7(6)16-8/h2-4H,1H3,(H3,11,12,17). The van der Waals surface area contributed by atoms with E-state index < -0.39 is 5.97 Å². The van der Waals surface area contributed by atoms with Gasteiger partial charge in [0, 0.05) is 5.69 Å². The van der Waals surface area contributed by atoms with Crippen molar-refractivity contribution < 1.29 is 13.9 Å². The van der Waals surface area contributed by atoms with Crippen LogP contribution < -0.4 is 11.1 Å². The molecule has 0 saturated heterocycles. The van der Waals surface area contributed by atoms with Crippen molar-refractivity contribution >= 4 is 40.1 Å². The molecule has 88 valence electrons. The Kier molecular flexibility index (Phi) is 2.92. The SMILES string of the molecule is COC(=O)c1nc2cc(NC(N)=S)ccc2o1. The van der Waals surface area contributed by atoms with Gasteiger partial charge in [-0.3, -0.25) is 0 Å². The van der Waals surface area contributed by atoms with Gasteiger partial charge in [0.25, 0.3) is 0 Å². The molecule has 0 spiro atoms. The van der Waals surface area contributed by atoms with E-state index in [0.717, 1.165) is 0 Å². The number of anilines is 1. The van der Waals surface area contributed by atoms with Crippen LogP contribution >= 0.6 is 12.2 Å². The lowest BCUT2D eigenvalue weighted by Gasteiger charge is -2.01. The molecule has 17 heavy (non-hydrogen) atoms. The molecule has 0 bridgehead atoms. The van der Waals surface area contributed by atoms with Gasteiger partial charge in [0.15, 0.2) is 10.7 Å². The highest BCUT2D eigenvalue weighted by atomic mass is 32.1. The molecular weight excluding hydrogens is 242 g/mol. The summed E-state index contributed by atoms with van der Waals surface area (Å²) in [6, 6.07) is 5.05. The number of esters is 1. The Bertz CT molecular complexity index is 593. The van der Waals surface area contributed by atoms with Gasteiger partial charge in [-0.25, -0.2) is 9.78 Å². The van der Waals surface area contributed by atoms with Crippen LogP contribution in [0.25, 0.3) is 11.1 Å². The molecule has 0 atom stereocenters. The first-order chi connectivity index (χ1) is 8.10. The van der Waals surface area contributed by atoms with Crippen LogP contribution in [0.2, 0.25) is 0 Å². The monoisotopic (exact) mass is 251 g/mol. The van der Waals surface area contributed by atoms with E-state index in [2.05, 4.69) is 15.0 Å². The van der Waals surface area contributed by atoms with Crippen molar-refractivity contribution in [3.8, 4) is 0 Å². The van der Waals surface area contributed by atoms with Crippen molar-refractivity contribution in [1.82, 2.24) is 4.98 Å². The number of carbonyl (C=O) groups is 1. The number of ether oxygens (including phenoxy) is 1. The second-order valence-corrected chi connectivity index (χ2v) is 3.62. The van der Waals surface area contributed by atoms with E-state index in [1.807, 2.05) is 0 Å². The minimum atomic E-state index is -0.620. The summed E-state index contributed by atoms with van der Waals surface area (Å²) in [6.45, 7) is 0. The molecule has 2 aromatic rings. The molecule has 7 heteroatoms. The number of hydrogen-bond acceptors (Lipinski definition) is 5. The zero-order valence-corrected chi connectivity index (χ0v) is 9.71. The first kappa shape index (κ1) is 11.3. The molecule has 0 unspecified atom stereocenters. The molecule has 0 saturated carbocycles. The second-order valence-electron chi connectivity index (χ2n) is 3.18. The lowest BCUT2D eigenvalue weighted by molar-refractivity contribution is 0.0558. The quantitative estimate of drug-likeness (QED) is 0.613.